The van der Waals surface area contributed by atoms with Crippen molar-refractivity contribution in [3.63, 3.8) is 0 Å². The van der Waals surface area contributed by atoms with E-state index in [4.69, 9.17) is 10.9 Å². The Morgan fingerprint density at radius 3 is 2.55 bits per heavy atom. The van der Waals surface area contributed by atoms with Gasteiger partial charge in [0.15, 0.2) is 5.84 Å². The maximum atomic E-state index is 12.1. The smallest absolute Gasteiger partial charge is 0.251 e. The number of amides is 1. The molecule has 0 aromatic heterocycles. The maximum Gasteiger partial charge on any atom is 0.251 e. The molecule has 1 amide bonds. The standard InChI is InChI=1S/C15H23N3O2/c1-10(15(2,3)4)9-17-14(19)12-7-5-6-11(8-12)13(16)18-20/h5-8,10,20H,9H2,1-4H3,(H2,16,18)(H,17,19). The molecule has 0 aliphatic carbocycles. The van der Waals surface area contributed by atoms with E-state index < -0.39 is 0 Å². The number of carbonyl (C=O) groups is 1. The van der Waals surface area contributed by atoms with Crippen LogP contribution in [0.3, 0.4) is 0 Å². The number of nitrogens with one attached hydrogen (secondary N) is 1. The summed E-state index contributed by atoms with van der Waals surface area (Å²) in [6.45, 7) is 9.14. The van der Waals surface area contributed by atoms with E-state index in [9.17, 15) is 4.79 Å². The predicted molar refractivity (Wildman–Crippen MR) is 79.9 cm³/mol. The first-order chi connectivity index (χ1) is 9.25. The van der Waals surface area contributed by atoms with Crippen molar-refractivity contribution < 1.29 is 10.0 Å². The van der Waals surface area contributed by atoms with Gasteiger partial charge in [0.25, 0.3) is 5.91 Å². The van der Waals surface area contributed by atoms with E-state index in [1.807, 2.05) is 0 Å². The zero-order valence-corrected chi connectivity index (χ0v) is 12.5. The van der Waals surface area contributed by atoms with Crippen LogP contribution in [0.1, 0.15) is 43.6 Å². The molecule has 5 heteroatoms. The van der Waals surface area contributed by atoms with Gasteiger partial charge in [-0.1, -0.05) is 45.0 Å². The van der Waals surface area contributed by atoms with Gasteiger partial charge < -0.3 is 16.3 Å². The van der Waals surface area contributed by atoms with Crippen molar-refractivity contribution in [3.8, 4) is 0 Å². The average molecular weight is 277 g/mol. The van der Waals surface area contributed by atoms with Crippen LogP contribution in [0, 0.1) is 11.3 Å². The number of nitrogens with zero attached hydrogens (tertiary/aromatic N) is 1. The van der Waals surface area contributed by atoms with Crippen LogP contribution in [0.15, 0.2) is 29.4 Å². The lowest BCUT2D eigenvalue weighted by Crippen LogP contribution is -2.33. The first kappa shape index (κ1) is 16.0. The van der Waals surface area contributed by atoms with Crippen molar-refractivity contribution in [2.45, 2.75) is 27.7 Å². The second-order valence-corrected chi connectivity index (χ2v) is 6.04. The largest absolute Gasteiger partial charge is 0.409 e. The van der Waals surface area contributed by atoms with Gasteiger partial charge in [0, 0.05) is 17.7 Å². The Bertz CT molecular complexity index is 504. The van der Waals surface area contributed by atoms with Crippen LogP contribution in [0.4, 0.5) is 0 Å². The molecule has 0 bridgehead atoms. The zero-order valence-electron chi connectivity index (χ0n) is 12.5. The van der Waals surface area contributed by atoms with E-state index in [1.54, 1.807) is 24.3 Å². The van der Waals surface area contributed by atoms with Crippen molar-refractivity contribution in [3.05, 3.63) is 35.4 Å². The van der Waals surface area contributed by atoms with Crippen LogP contribution in [0.5, 0.6) is 0 Å². The number of amidine groups is 1. The molecule has 0 heterocycles. The second kappa shape index (κ2) is 6.41. The summed E-state index contributed by atoms with van der Waals surface area (Å²) in [5, 5.41) is 14.5. The predicted octanol–water partition coefficient (Wildman–Crippen LogP) is 2.19. The lowest BCUT2D eigenvalue weighted by atomic mass is 9.82. The van der Waals surface area contributed by atoms with Crippen molar-refractivity contribution >= 4 is 11.7 Å². The van der Waals surface area contributed by atoms with Crippen LogP contribution in [-0.4, -0.2) is 23.5 Å². The fourth-order valence-electron chi connectivity index (χ4n) is 1.53. The average Bonchev–Trinajstić information content (AvgIpc) is 2.42. The Morgan fingerprint density at radius 2 is 2.00 bits per heavy atom. The fourth-order valence-corrected chi connectivity index (χ4v) is 1.53. The fraction of sp³-hybridized carbons (Fsp3) is 0.467. The molecule has 110 valence electrons. The highest BCUT2D eigenvalue weighted by molar-refractivity contribution is 6.01. The minimum absolute atomic E-state index is 0.0114. The normalized spacial score (nSPS) is 13.9. The monoisotopic (exact) mass is 277 g/mol. The summed E-state index contributed by atoms with van der Waals surface area (Å²) in [6.07, 6.45) is 0. The van der Waals surface area contributed by atoms with Crippen LogP contribution >= 0.6 is 0 Å². The highest BCUT2D eigenvalue weighted by atomic mass is 16.4. The lowest BCUT2D eigenvalue weighted by molar-refractivity contribution is 0.0937. The molecule has 0 aliphatic heterocycles. The molecule has 4 N–H and O–H groups in total. The molecule has 0 saturated heterocycles. The van der Waals surface area contributed by atoms with Gasteiger partial charge in [-0.3, -0.25) is 4.79 Å². The molecule has 20 heavy (non-hydrogen) atoms. The topological polar surface area (TPSA) is 87.7 Å². The van der Waals surface area contributed by atoms with Crippen LogP contribution < -0.4 is 11.1 Å². The first-order valence-corrected chi connectivity index (χ1v) is 6.62. The maximum absolute atomic E-state index is 12.1. The second-order valence-electron chi connectivity index (χ2n) is 6.04. The number of oxime groups is 1. The molecule has 1 aromatic carbocycles. The quantitative estimate of drug-likeness (QED) is 0.341. The van der Waals surface area contributed by atoms with Gasteiger partial charge in [-0.15, -0.1) is 0 Å². The SMILES string of the molecule is CC(CNC(=O)c1cccc(/C(N)=N/O)c1)C(C)(C)C. The number of rotatable bonds is 4. The minimum atomic E-state index is -0.159. The minimum Gasteiger partial charge on any atom is -0.409 e. The van der Waals surface area contributed by atoms with Crippen molar-refractivity contribution in [1.82, 2.24) is 5.32 Å². The van der Waals surface area contributed by atoms with Gasteiger partial charge >= 0.3 is 0 Å². The van der Waals surface area contributed by atoms with E-state index in [0.29, 0.717) is 23.6 Å². The molecule has 0 aliphatic rings. The first-order valence-electron chi connectivity index (χ1n) is 6.62. The van der Waals surface area contributed by atoms with Gasteiger partial charge in [-0.2, -0.15) is 0 Å². The van der Waals surface area contributed by atoms with E-state index in [2.05, 4.69) is 38.2 Å². The van der Waals surface area contributed by atoms with Gasteiger partial charge in [0.2, 0.25) is 0 Å². The van der Waals surface area contributed by atoms with Crippen LogP contribution in [-0.2, 0) is 0 Å². The van der Waals surface area contributed by atoms with Crippen LogP contribution in [0.2, 0.25) is 0 Å². The number of hydrogen-bond acceptors (Lipinski definition) is 3. The van der Waals surface area contributed by atoms with E-state index in [-0.39, 0.29) is 17.2 Å². The summed E-state index contributed by atoms with van der Waals surface area (Å²) in [7, 11) is 0. The van der Waals surface area contributed by atoms with Gasteiger partial charge in [-0.25, -0.2) is 0 Å². The zero-order chi connectivity index (χ0) is 15.3. The Labute approximate surface area is 119 Å². The molecular formula is C15H23N3O2. The van der Waals surface area contributed by atoms with E-state index in [1.165, 1.54) is 0 Å². The molecule has 1 unspecified atom stereocenters. The summed E-state index contributed by atoms with van der Waals surface area (Å²) >= 11 is 0. The van der Waals surface area contributed by atoms with Crippen molar-refractivity contribution in [1.29, 1.82) is 0 Å². The molecule has 0 fully saturated rings. The molecule has 0 spiro atoms. The lowest BCUT2D eigenvalue weighted by Gasteiger charge is -2.27. The summed E-state index contributed by atoms with van der Waals surface area (Å²) in [5.74, 6) is 0.190. The number of benzene rings is 1. The van der Waals surface area contributed by atoms with Gasteiger partial charge in [0.05, 0.1) is 0 Å². The highest BCUT2D eigenvalue weighted by Crippen LogP contribution is 2.24. The third-order valence-corrected chi connectivity index (χ3v) is 3.58. The molecule has 0 radical (unpaired) electrons. The molecule has 1 atom stereocenters. The summed E-state index contributed by atoms with van der Waals surface area (Å²) in [5.41, 5.74) is 6.67. The molecular weight excluding hydrogens is 254 g/mol. The third-order valence-electron chi connectivity index (χ3n) is 3.58. The van der Waals surface area contributed by atoms with Gasteiger partial charge in [0.1, 0.15) is 0 Å². The molecule has 0 saturated carbocycles. The Balaban J connectivity index is 2.74. The Kier molecular flexibility index (Phi) is 5.13. The summed E-state index contributed by atoms with van der Waals surface area (Å²) in [4.78, 5) is 12.1. The number of carbonyl (C=O) groups excluding carboxylic acids is 1. The molecule has 5 nitrogen and oxygen atoms in total. The third kappa shape index (κ3) is 4.26. The molecule has 1 rings (SSSR count). The summed E-state index contributed by atoms with van der Waals surface area (Å²) < 4.78 is 0. The summed E-state index contributed by atoms with van der Waals surface area (Å²) in [6, 6.07) is 6.69. The van der Waals surface area contributed by atoms with Crippen molar-refractivity contribution in [2.24, 2.45) is 22.2 Å². The van der Waals surface area contributed by atoms with Crippen molar-refractivity contribution in [2.75, 3.05) is 6.54 Å². The number of hydrogen-bond donors (Lipinski definition) is 3. The highest BCUT2D eigenvalue weighted by Gasteiger charge is 2.20. The van der Waals surface area contributed by atoms with E-state index >= 15 is 0 Å². The van der Waals surface area contributed by atoms with E-state index in [0.717, 1.165) is 0 Å². The van der Waals surface area contributed by atoms with Crippen LogP contribution in [0.25, 0.3) is 0 Å². The Hall–Kier alpha value is -2.04. The number of nitrogens with two attached hydrogens (primary N) is 1. The molecule has 1 aromatic rings. The Morgan fingerprint density at radius 1 is 1.40 bits per heavy atom. The van der Waals surface area contributed by atoms with Gasteiger partial charge in [-0.05, 0) is 23.5 Å².